The summed E-state index contributed by atoms with van der Waals surface area (Å²) in [4.78, 5) is 21.3. The maximum Gasteiger partial charge on any atom is 0.333 e. The first-order valence-corrected chi connectivity index (χ1v) is 11.6. The number of esters is 1. The van der Waals surface area contributed by atoms with Crippen LogP contribution in [0.3, 0.4) is 0 Å². The van der Waals surface area contributed by atoms with Crippen LogP contribution >= 0.6 is 0 Å². The first-order chi connectivity index (χ1) is 13.9. The van der Waals surface area contributed by atoms with E-state index in [9.17, 15) is 9.59 Å². The maximum atomic E-state index is 10.8. The molecule has 0 heterocycles. The number of hydrogen-bond acceptors (Lipinski definition) is 3. The summed E-state index contributed by atoms with van der Waals surface area (Å²) >= 11 is 0. The molecule has 0 unspecified atom stereocenters. The summed E-state index contributed by atoms with van der Waals surface area (Å²) in [6.45, 7) is 11.7. The number of unbranched alkanes of at least 4 members (excludes halogenated alkanes) is 12. The van der Waals surface area contributed by atoms with E-state index in [-0.39, 0.29) is 5.97 Å². The number of rotatable bonds is 17. The van der Waals surface area contributed by atoms with Crippen molar-refractivity contribution in [1.82, 2.24) is 0 Å². The Morgan fingerprint density at radius 3 is 1.69 bits per heavy atom. The van der Waals surface area contributed by atoms with E-state index in [0.29, 0.717) is 17.8 Å². The largest absolute Gasteiger partial charge is 0.478 e. The second-order valence-corrected chi connectivity index (χ2v) is 7.79. The number of aliphatic carboxylic acids is 1. The minimum Gasteiger partial charge on any atom is -0.478 e. The van der Waals surface area contributed by atoms with Gasteiger partial charge in [-0.3, -0.25) is 0 Å². The highest BCUT2D eigenvalue weighted by Crippen LogP contribution is 2.11. The zero-order valence-electron chi connectivity index (χ0n) is 19.6. The van der Waals surface area contributed by atoms with Crippen molar-refractivity contribution >= 4 is 11.9 Å². The van der Waals surface area contributed by atoms with Crippen molar-refractivity contribution in [2.24, 2.45) is 0 Å². The Hall–Kier alpha value is -1.58. The highest BCUT2D eigenvalue weighted by atomic mass is 16.5. The van der Waals surface area contributed by atoms with E-state index in [1.54, 1.807) is 13.8 Å². The number of ether oxygens (including phenoxy) is 1. The van der Waals surface area contributed by atoms with E-state index in [0.717, 1.165) is 32.1 Å². The van der Waals surface area contributed by atoms with Gasteiger partial charge >= 0.3 is 11.9 Å². The number of carboxylic acids is 1. The second kappa shape index (κ2) is 22.7. The summed E-state index contributed by atoms with van der Waals surface area (Å²) in [5.41, 5.74) is 0.951. The molecule has 0 spiro atoms. The lowest BCUT2D eigenvalue weighted by atomic mass is 10.1. The van der Waals surface area contributed by atoms with Crippen LogP contribution in [0, 0.1) is 0 Å². The van der Waals surface area contributed by atoms with Gasteiger partial charge in [0.25, 0.3) is 0 Å². The van der Waals surface area contributed by atoms with Crippen molar-refractivity contribution in [1.29, 1.82) is 0 Å². The fourth-order valence-electron chi connectivity index (χ4n) is 2.68. The van der Waals surface area contributed by atoms with Crippen molar-refractivity contribution in [3.63, 3.8) is 0 Å². The van der Waals surface area contributed by atoms with Crippen molar-refractivity contribution in [2.75, 3.05) is 6.61 Å². The van der Waals surface area contributed by atoms with E-state index in [4.69, 9.17) is 9.84 Å². The molecule has 0 aromatic rings. The molecule has 0 saturated carbocycles. The van der Waals surface area contributed by atoms with Gasteiger partial charge in [0.1, 0.15) is 0 Å². The molecule has 4 heteroatoms. The Labute approximate surface area is 179 Å². The zero-order chi connectivity index (χ0) is 22.3. The lowest BCUT2D eigenvalue weighted by Gasteiger charge is -2.02. The van der Waals surface area contributed by atoms with Gasteiger partial charge in [-0.2, -0.15) is 0 Å². The topological polar surface area (TPSA) is 63.6 Å². The van der Waals surface area contributed by atoms with Gasteiger partial charge in [0.15, 0.2) is 0 Å². The molecular weight excluding hydrogens is 364 g/mol. The third-order valence-corrected chi connectivity index (χ3v) is 4.68. The fourth-order valence-corrected chi connectivity index (χ4v) is 2.68. The normalized spacial score (nSPS) is 10.8. The van der Waals surface area contributed by atoms with Gasteiger partial charge in [0, 0.05) is 11.1 Å². The minimum atomic E-state index is -0.790. The van der Waals surface area contributed by atoms with Crippen LogP contribution in [0.15, 0.2) is 23.8 Å². The monoisotopic (exact) mass is 410 g/mol. The highest BCUT2D eigenvalue weighted by Gasteiger charge is 2.01. The first-order valence-electron chi connectivity index (χ1n) is 11.6. The van der Waals surface area contributed by atoms with Gasteiger partial charge in [-0.05, 0) is 33.1 Å². The van der Waals surface area contributed by atoms with Crippen molar-refractivity contribution < 1.29 is 19.4 Å². The lowest BCUT2D eigenvalue weighted by Crippen LogP contribution is -2.05. The Morgan fingerprint density at radius 2 is 1.24 bits per heavy atom. The summed E-state index contributed by atoms with van der Waals surface area (Å²) in [5.74, 6) is -1.07. The molecule has 0 fully saturated rings. The molecule has 4 nitrogen and oxygen atoms in total. The number of allylic oxidation sites excluding steroid dienone is 1. The fraction of sp³-hybridized carbons (Fsp3) is 0.760. The van der Waals surface area contributed by atoms with Crippen LogP contribution in [0.25, 0.3) is 0 Å². The highest BCUT2D eigenvalue weighted by molar-refractivity contribution is 5.86. The average Bonchev–Trinajstić information content (AvgIpc) is 2.69. The smallest absolute Gasteiger partial charge is 0.333 e. The van der Waals surface area contributed by atoms with Gasteiger partial charge in [0.2, 0.25) is 0 Å². The predicted molar refractivity (Wildman–Crippen MR) is 123 cm³/mol. The average molecular weight is 411 g/mol. The zero-order valence-corrected chi connectivity index (χ0v) is 19.6. The van der Waals surface area contributed by atoms with Crippen molar-refractivity contribution in [3.8, 4) is 0 Å². The number of hydrogen-bond donors (Lipinski definition) is 1. The molecule has 0 atom stereocenters. The number of carboxylic acid groups (broad SMARTS) is 1. The molecule has 29 heavy (non-hydrogen) atoms. The third kappa shape index (κ3) is 24.4. The molecule has 0 aromatic heterocycles. The van der Waals surface area contributed by atoms with Gasteiger partial charge in [0.05, 0.1) is 6.61 Å². The molecule has 0 radical (unpaired) electrons. The first kappa shape index (κ1) is 29.6. The molecule has 0 amide bonds. The second-order valence-electron chi connectivity index (χ2n) is 7.79. The van der Waals surface area contributed by atoms with Gasteiger partial charge in [-0.15, -0.1) is 0 Å². The lowest BCUT2D eigenvalue weighted by molar-refractivity contribution is -0.139. The Balaban J connectivity index is 0. The van der Waals surface area contributed by atoms with E-state index >= 15 is 0 Å². The molecule has 1 N–H and O–H groups in total. The van der Waals surface area contributed by atoms with E-state index in [1.165, 1.54) is 57.8 Å². The Bertz CT molecular complexity index is 452. The van der Waals surface area contributed by atoms with E-state index in [2.05, 4.69) is 20.4 Å². The van der Waals surface area contributed by atoms with Crippen LogP contribution in [0.2, 0.25) is 0 Å². The van der Waals surface area contributed by atoms with Crippen molar-refractivity contribution in [3.05, 3.63) is 23.8 Å². The molecular formula is C25H46O4. The summed E-state index contributed by atoms with van der Waals surface area (Å²) in [5, 5.41) is 8.68. The minimum absolute atomic E-state index is 0.277. The van der Waals surface area contributed by atoms with Gasteiger partial charge < -0.3 is 9.84 Å². The van der Waals surface area contributed by atoms with E-state index < -0.39 is 5.97 Å². The predicted octanol–water partition coefficient (Wildman–Crippen LogP) is 7.62. The summed E-state index contributed by atoms with van der Waals surface area (Å²) in [6.07, 6.45) is 19.2. The molecule has 0 bridgehead atoms. The van der Waals surface area contributed by atoms with Gasteiger partial charge in [-0.25, -0.2) is 9.59 Å². The summed E-state index contributed by atoms with van der Waals surface area (Å²) in [6, 6.07) is 0. The van der Waals surface area contributed by atoms with E-state index in [1.807, 2.05) is 6.08 Å². The Kier molecular flexibility index (Phi) is 23.2. The number of carbonyl (C=O) groups excluding carboxylic acids is 1. The molecule has 0 aromatic carbocycles. The quantitative estimate of drug-likeness (QED) is 0.152. The molecule has 0 aliphatic heterocycles. The van der Waals surface area contributed by atoms with Gasteiger partial charge in [-0.1, -0.05) is 97.1 Å². The van der Waals surface area contributed by atoms with Crippen LogP contribution in [-0.4, -0.2) is 23.7 Å². The standard InChI is InChI=1S/C16H30O2.C9H16O2/c1-3-4-5-6-7-8-9-10-11-12-13-14-15(2)16(17)18;1-4-5-6-7-11-9(10)8(2)3/h14H,3-13H2,1-2H3,(H,17,18);2,4-7H2,1,3H3. The molecule has 0 saturated heterocycles. The molecule has 0 aliphatic rings. The van der Waals surface area contributed by atoms with Crippen LogP contribution in [-0.2, 0) is 14.3 Å². The van der Waals surface area contributed by atoms with Crippen LogP contribution in [0.1, 0.15) is 118 Å². The number of carbonyl (C=O) groups is 2. The molecule has 0 aliphatic carbocycles. The van der Waals surface area contributed by atoms with Crippen molar-refractivity contribution in [2.45, 2.75) is 118 Å². The summed E-state index contributed by atoms with van der Waals surface area (Å²) in [7, 11) is 0. The van der Waals surface area contributed by atoms with Crippen LogP contribution < -0.4 is 0 Å². The molecule has 170 valence electrons. The maximum absolute atomic E-state index is 10.8. The summed E-state index contributed by atoms with van der Waals surface area (Å²) < 4.78 is 4.87. The van der Waals surface area contributed by atoms with Crippen LogP contribution in [0.5, 0.6) is 0 Å². The molecule has 0 rings (SSSR count). The third-order valence-electron chi connectivity index (χ3n) is 4.68. The SMILES string of the molecule is C=C(C)C(=O)OCCCCC.CCCCCCCCCCCCC=C(C)C(=O)O. The Morgan fingerprint density at radius 1 is 0.793 bits per heavy atom. The van der Waals surface area contributed by atoms with Crippen LogP contribution in [0.4, 0.5) is 0 Å².